The average molecular weight is 204 g/mol. The highest BCUT2D eigenvalue weighted by atomic mass is 16.6. The van der Waals surface area contributed by atoms with Crippen molar-refractivity contribution in [2.75, 3.05) is 6.61 Å². The predicted molar refractivity (Wildman–Crippen MR) is 57.9 cm³/mol. The van der Waals surface area contributed by atoms with Crippen LogP contribution in [0.5, 0.6) is 0 Å². The minimum atomic E-state index is 0.330. The Balaban J connectivity index is 1.71. The molecule has 0 bridgehead atoms. The summed E-state index contributed by atoms with van der Waals surface area (Å²) in [4.78, 5) is 0. The summed E-state index contributed by atoms with van der Waals surface area (Å²) in [5.41, 5.74) is 1.36. The van der Waals surface area contributed by atoms with Gasteiger partial charge >= 0.3 is 0 Å². The van der Waals surface area contributed by atoms with Crippen LogP contribution in [-0.4, -0.2) is 24.9 Å². The number of epoxide rings is 1. The lowest BCUT2D eigenvalue weighted by atomic mass is 9.91. The molecule has 2 aliphatic rings. The van der Waals surface area contributed by atoms with Crippen LogP contribution in [0, 0.1) is 0 Å². The molecule has 15 heavy (non-hydrogen) atoms. The second-order valence-electron chi connectivity index (χ2n) is 4.52. The first kappa shape index (κ1) is 9.37. The van der Waals surface area contributed by atoms with Crippen molar-refractivity contribution in [3.8, 4) is 0 Å². The van der Waals surface area contributed by atoms with E-state index in [0.29, 0.717) is 24.2 Å². The molecule has 2 aliphatic heterocycles. The lowest BCUT2D eigenvalue weighted by molar-refractivity contribution is 0.0156. The Morgan fingerprint density at radius 2 is 2.00 bits per heavy atom. The van der Waals surface area contributed by atoms with Crippen LogP contribution in [0.3, 0.4) is 0 Å². The monoisotopic (exact) mass is 204 g/mol. The van der Waals surface area contributed by atoms with Gasteiger partial charge in [0.05, 0.1) is 18.8 Å². The molecule has 2 fully saturated rings. The van der Waals surface area contributed by atoms with Crippen LogP contribution in [0.4, 0.5) is 0 Å². The highest BCUT2D eigenvalue weighted by molar-refractivity contribution is 5.20. The molecule has 0 N–H and O–H groups in total. The smallest absolute Gasteiger partial charge is 0.108 e. The van der Waals surface area contributed by atoms with Gasteiger partial charge in [0.2, 0.25) is 0 Å². The maximum atomic E-state index is 5.82. The van der Waals surface area contributed by atoms with Crippen LogP contribution in [0.15, 0.2) is 30.3 Å². The molecule has 1 aromatic carbocycles. The van der Waals surface area contributed by atoms with E-state index in [4.69, 9.17) is 9.47 Å². The van der Waals surface area contributed by atoms with E-state index in [1.807, 2.05) is 0 Å². The zero-order chi connectivity index (χ0) is 10.3. The quantitative estimate of drug-likeness (QED) is 0.690. The van der Waals surface area contributed by atoms with Gasteiger partial charge in [0, 0.05) is 12.3 Å². The van der Waals surface area contributed by atoms with E-state index in [2.05, 4.69) is 37.3 Å². The van der Waals surface area contributed by atoms with Crippen molar-refractivity contribution in [1.82, 2.24) is 0 Å². The molecule has 1 unspecified atom stereocenters. The summed E-state index contributed by atoms with van der Waals surface area (Å²) in [5, 5.41) is 0. The van der Waals surface area contributed by atoms with Crippen LogP contribution in [0.25, 0.3) is 0 Å². The lowest BCUT2D eigenvalue weighted by Gasteiger charge is -2.26. The van der Waals surface area contributed by atoms with Crippen LogP contribution in [0.1, 0.15) is 24.8 Å². The highest BCUT2D eigenvalue weighted by Gasteiger charge is 2.46. The summed E-state index contributed by atoms with van der Waals surface area (Å²) < 4.78 is 11.3. The van der Waals surface area contributed by atoms with Gasteiger partial charge in [-0.05, 0) is 5.56 Å². The maximum Gasteiger partial charge on any atom is 0.108 e. The first-order chi connectivity index (χ1) is 7.34. The second-order valence-corrected chi connectivity index (χ2v) is 4.52. The summed E-state index contributed by atoms with van der Waals surface area (Å²) in [6.45, 7) is 3.02. The average Bonchev–Trinajstić information content (AvgIpc) is 3.07. The molecule has 1 aromatic rings. The van der Waals surface area contributed by atoms with E-state index in [1.54, 1.807) is 0 Å². The van der Waals surface area contributed by atoms with Crippen LogP contribution in [0.2, 0.25) is 0 Å². The van der Waals surface area contributed by atoms with Crippen LogP contribution < -0.4 is 0 Å². The Bertz CT molecular complexity index is 336. The van der Waals surface area contributed by atoms with E-state index >= 15 is 0 Å². The molecule has 4 atom stereocenters. The van der Waals surface area contributed by atoms with E-state index in [9.17, 15) is 0 Å². The van der Waals surface area contributed by atoms with E-state index in [1.165, 1.54) is 5.56 Å². The van der Waals surface area contributed by atoms with Crippen molar-refractivity contribution >= 4 is 0 Å². The fraction of sp³-hybridized carbons (Fsp3) is 0.538. The number of rotatable bonds is 2. The third kappa shape index (κ3) is 1.80. The number of hydrogen-bond acceptors (Lipinski definition) is 2. The molecule has 0 amide bonds. The molecule has 2 heteroatoms. The van der Waals surface area contributed by atoms with Gasteiger partial charge in [-0.3, -0.25) is 0 Å². The van der Waals surface area contributed by atoms with Crippen molar-refractivity contribution < 1.29 is 9.47 Å². The third-order valence-electron chi connectivity index (χ3n) is 3.51. The number of fused-ring (bicyclic) bond motifs is 1. The minimum absolute atomic E-state index is 0.330. The molecule has 80 valence electrons. The van der Waals surface area contributed by atoms with Gasteiger partial charge in [0.15, 0.2) is 0 Å². The first-order valence-electron chi connectivity index (χ1n) is 5.66. The van der Waals surface area contributed by atoms with Gasteiger partial charge in [-0.2, -0.15) is 0 Å². The highest BCUT2D eigenvalue weighted by Crippen LogP contribution is 2.37. The molecule has 2 nitrogen and oxygen atoms in total. The van der Waals surface area contributed by atoms with Crippen molar-refractivity contribution in [3.63, 3.8) is 0 Å². The van der Waals surface area contributed by atoms with Gasteiger partial charge in [-0.15, -0.1) is 0 Å². The fourth-order valence-corrected chi connectivity index (χ4v) is 2.37. The summed E-state index contributed by atoms with van der Waals surface area (Å²) >= 11 is 0. The van der Waals surface area contributed by atoms with Gasteiger partial charge in [-0.25, -0.2) is 0 Å². The molecule has 0 radical (unpaired) electrons. The van der Waals surface area contributed by atoms with Crippen molar-refractivity contribution in [2.45, 2.75) is 37.6 Å². The molecular formula is C13H16O2. The predicted octanol–water partition coefficient (Wildman–Crippen LogP) is 2.35. The SMILES string of the molecule is C[C@@H](c1ccccc1)[C@@H]1CC2O[C@H]2CO1. The third-order valence-corrected chi connectivity index (χ3v) is 3.51. The zero-order valence-corrected chi connectivity index (χ0v) is 8.93. The summed E-state index contributed by atoms with van der Waals surface area (Å²) in [6, 6.07) is 10.6. The Kier molecular flexibility index (Phi) is 2.26. The minimum Gasteiger partial charge on any atom is -0.375 e. The first-order valence-corrected chi connectivity index (χ1v) is 5.66. The molecular weight excluding hydrogens is 188 g/mol. The molecule has 2 saturated heterocycles. The molecule has 0 spiro atoms. The van der Waals surface area contributed by atoms with Gasteiger partial charge < -0.3 is 9.47 Å². The molecule has 0 aliphatic carbocycles. The van der Waals surface area contributed by atoms with E-state index < -0.39 is 0 Å². The number of benzene rings is 1. The number of hydrogen-bond donors (Lipinski definition) is 0. The standard InChI is InChI=1S/C13H16O2/c1-9(10-5-3-2-4-6-10)11-7-12-13(15-12)8-14-11/h2-6,9,11-13H,7-8H2,1H3/t9-,11-,12?,13-/m0/s1. The van der Waals surface area contributed by atoms with Crippen molar-refractivity contribution in [1.29, 1.82) is 0 Å². The largest absolute Gasteiger partial charge is 0.375 e. The maximum absolute atomic E-state index is 5.82. The van der Waals surface area contributed by atoms with Crippen LogP contribution in [-0.2, 0) is 9.47 Å². The molecule has 0 aromatic heterocycles. The Labute approximate surface area is 90.2 Å². The summed E-state index contributed by atoms with van der Waals surface area (Å²) in [6.07, 6.45) is 2.27. The zero-order valence-electron chi connectivity index (χ0n) is 8.93. The summed E-state index contributed by atoms with van der Waals surface area (Å²) in [5.74, 6) is 0.469. The number of ether oxygens (including phenoxy) is 2. The molecule has 3 rings (SSSR count). The topological polar surface area (TPSA) is 21.8 Å². The van der Waals surface area contributed by atoms with Gasteiger partial charge in [0.1, 0.15) is 6.10 Å². The fourth-order valence-electron chi connectivity index (χ4n) is 2.37. The van der Waals surface area contributed by atoms with E-state index in [-0.39, 0.29) is 0 Å². The van der Waals surface area contributed by atoms with Crippen LogP contribution >= 0.6 is 0 Å². The normalized spacial score (nSPS) is 35.7. The Hall–Kier alpha value is -0.860. The Morgan fingerprint density at radius 3 is 2.73 bits per heavy atom. The Morgan fingerprint density at radius 1 is 1.20 bits per heavy atom. The summed E-state index contributed by atoms with van der Waals surface area (Å²) in [7, 11) is 0. The van der Waals surface area contributed by atoms with Gasteiger partial charge in [0.25, 0.3) is 0 Å². The van der Waals surface area contributed by atoms with Gasteiger partial charge in [-0.1, -0.05) is 37.3 Å². The van der Waals surface area contributed by atoms with E-state index in [0.717, 1.165) is 13.0 Å². The molecule has 2 heterocycles. The van der Waals surface area contributed by atoms with Crippen molar-refractivity contribution in [3.05, 3.63) is 35.9 Å². The second kappa shape index (κ2) is 3.62. The van der Waals surface area contributed by atoms with Crippen molar-refractivity contribution in [2.24, 2.45) is 0 Å². The lowest BCUT2D eigenvalue weighted by Crippen LogP contribution is -2.29. The molecule has 0 saturated carbocycles.